The van der Waals surface area contributed by atoms with Gasteiger partial charge in [-0.15, -0.1) is 6.42 Å². The van der Waals surface area contributed by atoms with Gasteiger partial charge in [0.25, 0.3) is 0 Å². The van der Waals surface area contributed by atoms with Crippen LogP contribution in [0.4, 0.5) is 0 Å². The van der Waals surface area contributed by atoms with E-state index >= 15 is 0 Å². The molecule has 1 aromatic rings. The molecule has 1 saturated heterocycles. The first-order valence-corrected chi connectivity index (χ1v) is 13.4. The number of hydrogen-bond donors (Lipinski definition) is 1. The van der Waals surface area contributed by atoms with Crippen molar-refractivity contribution in [2.45, 2.75) is 80.7 Å². The lowest BCUT2D eigenvalue weighted by atomic mass is 9.95. The highest BCUT2D eigenvalue weighted by Crippen LogP contribution is 2.30. The summed E-state index contributed by atoms with van der Waals surface area (Å²) >= 11 is 0. The summed E-state index contributed by atoms with van der Waals surface area (Å²) in [6.45, 7) is 21.9. The van der Waals surface area contributed by atoms with Crippen molar-refractivity contribution in [2.75, 3.05) is 40.4 Å². The predicted octanol–water partition coefficient (Wildman–Crippen LogP) is 6.91. The molecule has 1 aromatic heterocycles. The van der Waals surface area contributed by atoms with Gasteiger partial charge in [0.1, 0.15) is 12.4 Å². The summed E-state index contributed by atoms with van der Waals surface area (Å²) in [5.41, 5.74) is 2.01. The smallest absolute Gasteiger partial charge is 0.249 e. The zero-order valence-electron chi connectivity index (χ0n) is 24.7. The molecular weight excluding hydrogens is 450 g/mol. The van der Waals surface area contributed by atoms with Crippen LogP contribution in [-0.2, 0) is 9.53 Å². The standard InChI is InChI=1S/C17H18N2O3.C7H17N.3C2H6/c1-4-13(8-12(3)20)14-6-7-18-9-15(14)16-10-22-11-17(21)19(16)5-2;1-4-5-6-7-8(2)3;3*1-2/h1,6-9,16,20H,3,5,10-11H2,2H3;4-7H2,1-3H3;3*1-2H3/b13-8+;;;;. The number of carbonyl (C=O) groups is 1. The summed E-state index contributed by atoms with van der Waals surface area (Å²) in [6, 6.07) is 1.51. The number of amides is 1. The van der Waals surface area contributed by atoms with Gasteiger partial charge in [0.05, 0.1) is 12.6 Å². The molecular formula is C30H53N3O3. The van der Waals surface area contributed by atoms with Gasteiger partial charge in [0.2, 0.25) is 5.91 Å². The maximum atomic E-state index is 12.0. The zero-order valence-corrected chi connectivity index (χ0v) is 24.7. The molecule has 1 unspecified atom stereocenters. The number of hydrogen-bond acceptors (Lipinski definition) is 5. The molecule has 0 aromatic carbocycles. The normalized spacial score (nSPS) is 14.4. The molecule has 6 heteroatoms. The van der Waals surface area contributed by atoms with Crippen LogP contribution in [0.1, 0.15) is 91.8 Å². The number of allylic oxidation sites excluding steroid dienone is 2. The number of aliphatic hydroxyl groups excluding tert-OH is 1. The van der Waals surface area contributed by atoms with E-state index in [4.69, 9.17) is 11.2 Å². The molecule has 1 atom stereocenters. The number of rotatable bonds is 8. The first-order valence-electron chi connectivity index (χ1n) is 13.4. The molecule has 1 aliphatic heterocycles. The van der Waals surface area contributed by atoms with E-state index in [1.165, 1.54) is 31.9 Å². The third-order valence-electron chi connectivity index (χ3n) is 4.71. The summed E-state index contributed by atoms with van der Waals surface area (Å²) in [7, 11) is 4.24. The second-order valence-corrected chi connectivity index (χ2v) is 7.38. The molecule has 6 nitrogen and oxygen atoms in total. The van der Waals surface area contributed by atoms with E-state index in [0.717, 1.165) is 11.1 Å². The Morgan fingerprint density at radius 1 is 1.25 bits per heavy atom. The number of aromatic nitrogens is 1. The van der Waals surface area contributed by atoms with Crippen molar-refractivity contribution in [1.29, 1.82) is 0 Å². The van der Waals surface area contributed by atoms with Gasteiger partial charge in [-0.3, -0.25) is 9.78 Å². The number of unbranched alkanes of at least 4 members (excludes halogenated alkanes) is 2. The number of morpholine rings is 1. The third kappa shape index (κ3) is 15.4. The van der Waals surface area contributed by atoms with Crippen molar-refractivity contribution in [3.8, 4) is 12.3 Å². The van der Waals surface area contributed by atoms with Gasteiger partial charge in [-0.2, -0.15) is 0 Å². The molecule has 2 rings (SSSR count). The highest BCUT2D eigenvalue weighted by molar-refractivity contribution is 5.83. The van der Waals surface area contributed by atoms with Crippen LogP contribution in [0.15, 0.2) is 36.9 Å². The SMILES string of the molecule is C#C/C(=C\C(=C)O)c1ccncc1C1COCC(=O)N1CC.CC.CC.CC.CCCCCN(C)C. The quantitative estimate of drug-likeness (QED) is 0.181. The molecule has 1 aliphatic rings. The maximum Gasteiger partial charge on any atom is 0.249 e. The number of pyridine rings is 1. The number of likely N-dealkylation sites (N-methyl/N-ethyl adjacent to an activating group) is 1. The van der Waals surface area contributed by atoms with Crippen LogP contribution in [0.3, 0.4) is 0 Å². The molecule has 1 N–H and O–H groups in total. The molecule has 206 valence electrons. The Kier molecular flexibility index (Phi) is 26.8. The lowest BCUT2D eigenvalue weighted by Gasteiger charge is -2.35. The Balaban J connectivity index is -0.000000654. The van der Waals surface area contributed by atoms with E-state index in [-0.39, 0.29) is 24.3 Å². The molecule has 0 saturated carbocycles. The molecule has 36 heavy (non-hydrogen) atoms. The number of ether oxygens (including phenoxy) is 1. The summed E-state index contributed by atoms with van der Waals surface area (Å²) in [4.78, 5) is 20.1. The molecule has 1 amide bonds. The van der Waals surface area contributed by atoms with E-state index in [0.29, 0.717) is 18.7 Å². The maximum absolute atomic E-state index is 12.0. The first-order chi connectivity index (χ1) is 17.3. The van der Waals surface area contributed by atoms with Gasteiger partial charge in [-0.1, -0.05) is 73.8 Å². The Morgan fingerprint density at radius 3 is 2.33 bits per heavy atom. The topological polar surface area (TPSA) is 65.9 Å². The van der Waals surface area contributed by atoms with Crippen LogP contribution < -0.4 is 0 Å². The molecule has 0 aliphatic carbocycles. The Bertz CT molecular complexity index is 767. The van der Waals surface area contributed by atoms with Crippen molar-refractivity contribution < 1.29 is 14.6 Å². The van der Waals surface area contributed by atoms with E-state index in [1.54, 1.807) is 23.4 Å². The van der Waals surface area contributed by atoms with E-state index in [1.807, 2.05) is 48.5 Å². The van der Waals surface area contributed by atoms with Crippen molar-refractivity contribution in [2.24, 2.45) is 0 Å². The minimum atomic E-state index is -0.251. The highest BCUT2D eigenvalue weighted by Gasteiger charge is 2.30. The van der Waals surface area contributed by atoms with Gasteiger partial charge in [-0.25, -0.2) is 0 Å². The lowest BCUT2D eigenvalue weighted by Crippen LogP contribution is -2.44. The Hall–Kier alpha value is -2.62. The monoisotopic (exact) mass is 503 g/mol. The van der Waals surface area contributed by atoms with Gasteiger partial charge in [-0.05, 0) is 51.7 Å². The third-order valence-corrected chi connectivity index (χ3v) is 4.71. The van der Waals surface area contributed by atoms with Crippen LogP contribution in [0.25, 0.3) is 5.57 Å². The Morgan fingerprint density at radius 2 is 1.86 bits per heavy atom. The minimum Gasteiger partial charge on any atom is -0.509 e. The van der Waals surface area contributed by atoms with E-state index < -0.39 is 0 Å². The second-order valence-electron chi connectivity index (χ2n) is 7.38. The fourth-order valence-electron chi connectivity index (χ4n) is 3.22. The molecule has 0 bridgehead atoms. The lowest BCUT2D eigenvalue weighted by molar-refractivity contribution is -0.148. The van der Waals surface area contributed by atoms with Crippen molar-refractivity contribution >= 4 is 11.5 Å². The summed E-state index contributed by atoms with van der Waals surface area (Å²) in [5, 5.41) is 9.39. The molecule has 2 heterocycles. The fourth-order valence-corrected chi connectivity index (χ4v) is 3.22. The fraction of sp³-hybridized carbons (Fsp3) is 0.600. The predicted molar refractivity (Wildman–Crippen MR) is 156 cm³/mol. The largest absolute Gasteiger partial charge is 0.509 e. The Labute approximate surface area is 222 Å². The van der Waals surface area contributed by atoms with Crippen LogP contribution >= 0.6 is 0 Å². The number of terminal acetylenes is 1. The van der Waals surface area contributed by atoms with Crippen LogP contribution in [0.2, 0.25) is 0 Å². The average Bonchev–Trinajstić information content (AvgIpc) is 2.91. The summed E-state index contributed by atoms with van der Waals surface area (Å²) in [5.74, 6) is 2.35. The van der Waals surface area contributed by atoms with E-state index in [2.05, 4.69) is 43.4 Å². The van der Waals surface area contributed by atoms with Crippen molar-refractivity contribution in [3.63, 3.8) is 0 Å². The second kappa shape index (κ2) is 25.5. The first kappa shape index (κ1) is 37.9. The van der Waals surface area contributed by atoms with Gasteiger partial charge in [0, 0.05) is 30.1 Å². The van der Waals surface area contributed by atoms with Crippen LogP contribution in [0, 0.1) is 12.3 Å². The van der Waals surface area contributed by atoms with Crippen LogP contribution in [-0.4, -0.2) is 66.2 Å². The van der Waals surface area contributed by atoms with Crippen LogP contribution in [0.5, 0.6) is 0 Å². The van der Waals surface area contributed by atoms with Gasteiger partial charge in [0.15, 0.2) is 0 Å². The zero-order chi connectivity index (χ0) is 28.5. The van der Waals surface area contributed by atoms with Gasteiger partial charge < -0.3 is 19.6 Å². The molecule has 0 spiro atoms. The summed E-state index contributed by atoms with van der Waals surface area (Å²) < 4.78 is 5.37. The minimum absolute atomic E-state index is 0.0636. The number of aliphatic hydroxyl groups is 1. The number of nitrogens with zero attached hydrogens (tertiary/aromatic N) is 3. The highest BCUT2D eigenvalue weighted by atomic mass is 16.5. The average molecular weight is 504 g/mol. The van der Waals surface area contributed by atoms with Crippen molar-refractivity contribution in [1.82, 2.24) is 14.8 Å². The molecule has 0 radical (unpaired) electrons. The van der Waals surface area contributed by atoms with Gasteiger partial charge >= 0.3 is 0 Å². The van der Waals surface area contributed by atoms with E-state index in [9.17, 15) is 9.90 Å². The molecule has 1 fully saturated rings. The number of carbonyl (C=O) groups excluding carboxylic acids is 1. The van der Waals surface area contributed by atoms with Crippen molar-refractivity contribution in [3.05, 3.63) is 48.0 Å². The summed E-state index contributed by atoms with van der Waals surface area (Å²) in [6.07, 6.45) is 14.3.